The SMILES string of the molecule is CC(C)(C)C(C)(O)/C=C/C(=O)O. The van der Waals surface area contributed by atoms with E-state index in [0.717, 1.165) is 6.08 Å². The molecule has 70 valence electrons. The molecule has 0 rings (SSSR count). The van der Waals surface area contributed by atoms with Crippen LogP contribution < -0.4 is 0 Å². The highest BCUT2D eigenvalue weighted by Gasteiger charge is 2.32. The summed E-state index contributed by atoms with van der Waals surface area (Å²) in [5.74, 6) is -1.04. The lowest BCUT2D eigenvalue weighted by atomic mass is 9.78. The van der Waals surface area contributed by atoms with Gasteiger partial charge in [-0.3, -0.25) is 0 Å². The maximum absolute atomic E-state index is 10.2. The van der Waals surface area contributed by atoms with Crippen molar-refractivity contribution < 1.29 is 15.0 Å². The van der Waals surface area contributed by atoms with Crippen molar-refractivity contribution in [1.82, 2.24) is 0 Å². The Morgan fingerprint density at radius 1 is 1.25 bits per heavy atom. The Morgan fingerprint density at radius 2 is 1.67 bits per heavy atom. The molecule has 0 saturated carbocycles. The largest absolute Gasteiger partial charge is 0.478 e. The van der Waals surface area contributed by atoms with Crippen LogP contribution in [0.4, 0.5) is 0 Å². The summed E-state index contributed by atoms with van der Waals surface area (Å²) in [6, 6.07) is 0. The molecule has 0 amide bonds. The van der Waals surface area contributed by atoms with Gasteiger partial charge < -0.3 is 10.2 Å². The number of carbonyl (C=O) groups is 1. The van der Waals surface area contributed by atoms with Crippen molar-refractivity contribution in [3.05, 3.63) is 12.2 Å². The molecular formula is C9H16O3. The van der Waals surface area contributed by atoms with Gasteiger partial charge in [-0.1, -0.05) is 20.8 Å². The quantitative estimate of drug-likeness (QED) is 0.619. The van der Waals surface area contributed by atoms with Crippen molar-refractivity contribution in [2.24, 2.45) is 5.41 Å². The normalized spacial score (nSPS) is 17.8. The molecule has 2 N–H and O–H groups in total. The molecule has 3 heteroatoms. The van der Waals surface area contributed by atoms with Gasteiger partial charge >= 0.3 is 5.97 Å². The van der Waals surface area contributed by atoms with Crippen LogP contribution in [0.5, 0.6) is 0 Å². The molecule has 0 bridgehead atoms. The topological polar surface area (TPSA) is 57.5 Å². The number of aliphatic hydroxyl groups is 1. The second-order valence-electron chi connectivity index (χ2n) is 4.07. The fraction of sp³-hybridized carbons (Fsp3) is 0.667. The smallest absolute Gasteiger partial charge is 0.328 e. The Bertz CT molecular complexity index is 196. The third kappa shape index (κ3) is 3.05. The summed E-state index contributed by atoms with van der Waals surface area (Å²) >= 11 is 0. The lowest BCUT2D eigenvalue weighted by Gasteiger charge is -2.34. The van der Waals surface area contributed by atoms with Gasteiger partial charge in [0.15, 0.2) is 0 Å². The monoisotopic (exact) mass is 172 g/mol. The maximum Gasteiger partial charge on any atom is 0.328 e. The van der Waals surface area contributed by atoms with Crippen molar-refractivity contribution in [2.45, 2.75) is 33.3 Å². The average molecular weight is 172 g/mol. The van der Waals surface area contributed by atoms with Crippen LogP contribution in [0.3, 0.4) is 0 Å². The third-order valence-corrected chi connectivity index (χ3v) is 2.07. The molecule has 0 aromatic carbocycles. The van der Waals surface area contributed by atoms with E-state index >= 15 is 0 Å². The minimum absolute atomic E-state index is 0.362. The number of hydrogen-bond donors (Lipinski definition) is 2. The lowest BCUT2D eigenvalue weighted by Crippen LogP contribution is -2.37. The van der Waals surface area contributed by atoms with Crippen LogP contribution >= 0.6 is 0 Å². The molecule has 1 atom stereocenters. The molecule has 3 nitrogen and oxygen atoms in total. The summed E-state index contributed by atoms with van der Waals surface area (Å²) in [4.78, 5) is 10.2. The Hall–Kier alpha value is -0.830. The third-order valence-electron chi connectivity index (χ3n) is 2.07. The van der Waals surface area contributed by atoms with Gasteiger partial charge in [0.25, 0.3) is 0 Å². The van der Waals surface area contributed by atoms with Crippen LogP contribution in [-0.4, -0.2) is 21.8 Å². The first-order chi connectivity index (χ1) is 5.17. The van der Waals surface area contributed by atoms with Gasteiger partial charge in [0, 0.05) is 6.08 Å². The lowest BCUT2D eigenvalue weighted by molar-refractivity contribution is -0.131. The summed E-state index contributed by atoms with van der Waals surface area (Å²) < 4.78 is 0. The van der Waals surface area contributed by atoms with Crippen molar-refractivity contribution in [3.63, 3.8) is 0 Å². The molecule has 0 aliphatic heterocycles. The first-order valence-corrected chi connectivity index (χ1v) is 3.81. The van der Waals surface area contributed by atoms with E-state index in [9.17, 15) is 9.90 Å². The van der Waals surface area contributed by atoms with Crippen molar-refractivity contribution >= 4 is 5.97 Å². The molecule has 0 heterocycles. The zero-order valence-electron chi connectivity index (χ0n) is 7.96. The van der Waals surface area contributed by atoms with E-state index in [1.165, 1.54) is 6.08 Å². The number of hydrogen-bond acceptors (Lipinski definition) is 2. The fourth-order valence-corrected chi connectivity index (χ4v) is 0.484. The molecule has 0 radical (unpaired) electrons. The number of rotatable bonds is 2. The Balaban J connectivity index is 4.54. The summed E-state index contributed by atoms with van der Waals surface area (Å²) in [6.45, 7) is 7.13. The predicted octanol–water partition coefficient (Wildman–Crippen LogP) is 1.42. The van der Waals surface area contributed by atoms with Crippen LogP contribution in [0, 0.1) is 5.41 Å². The van der Waals surface area contributed by atoms with Crippen LogP contribution in [0.2, 0.25) is 0 Å². The number of carboxylic acid groups (broad SMARTS) is 1. The minimum Gasteiger partial charge on any atom is -0.478 e. The molecule has 0 spiro atoms. The Morgan fingerprint density at radius 3 is 1.92 bits per heavy atom. The second kappa shape index (κ2) is 3.27. The van der Waals surface area contributed by atoms with E-state index in [-0.39, 0.29) is 5.41 Å². The van der Waals surface area contributed by atoms with Gasteiger partial charge in [-0.05, 0) is 18.4 Å². The minimum atomic E-state index is -1.09. The van der Waals surface area contributed by atoms with Crippen LogP contribution in [0.15, 0.2) is 12.2 Å². The van der Waals surface area contributed by atoms with Gasteiger partial charge in [0.05, 0.1) is 5.60 Å². The van der Waals surface area contributed by atoms with E-state index in [2.05, 4.69) is 0 Å². The van der Waals surface area contributed by atoms with Gasteiger partial charge in [0.2, 0.25) is 0 Å². The number of carboxylic acids is 1. The van der Waals surface area contributed by atoms with Gasteiger partial charge in [-0.25, -0.2) is 4.79 Å². The Labute approximate surface area is 72.7 Å². The first-order valence-electron chi connectivity index (χ1n) is 3.81. The van der Waals surface area contributed by atoms with E-state index < -0.39 is 11.6 Å². The zero-order chi connectivity index (χ0) is 9.99. The molecule has 12 heavy (non-hydrogen) atoms. The summed E-state index contributed by atoms with van der Waals surface area (Å²) in [5, 5.41) is 18.1. The highest BCUT2D eigenvalue weighted by molar-refractivity contribution is 5.79. The van der Waals surface area contributed by atoms with E-state index in [0.29, 0.717) is 0 Å². The summed E-state index contributed by atoms with van der Waals surface area (Å²) in [7, 11) is 0. The average Bonchev–Trinajstić information content (AvgIpc) is 1.81. The molecule has 1 unspecified atom stereocenters. The molecule has 0 saturated heterocycles. The summed E-state index contributed by atoms with van der Waals surface area (Å²) in [6.07, 6.45) is 2.26. The molecule has 0 aliphatic rings. The second-order valence-corrected chi connectivity index (χ2v) is 4.07. The van der Waals surface area contributed by atoms with Crippen molar-refractivity contribution in [1.29, 1.82) is 0 Å². The van der Waals surface area contributed by atoms with E-state index in [1.807, 2.05) is 20.8 Å². The molecule has 0 aromatic rings. The van der Waals surface area contributed by atoms with Crippen LogP contribution in [0.25, 0.3) is 0 Å². The fourth-order valence-electron chi connectivity index (χ4n) is 0.484. The highest BCUT2D eigenvalue weighted by atomic mass is 16.4. The highest BCUT2D eigenvalue weighted by Crippen LogP contribution is 2.30. The van der Waals surface area contributed by atoms with Crippen LogP contribution in [-0.2, 0) is 4.79 Å². The van der Waals surface area contributed by atoms with Gasteiger partial charge in [0.1, 0.15) is 0 Å². The molecule has 0 aromatic heterocycles. The Kier molecular flexibility index (Phi) is 3.04. The standard InChI is InChI=1S/C9H16O3/c1-8(2,3)9(4,12)6-5-7(10)11/h5-6,12H,1-4H3,(H,10,11)/b6-5+. The molecule has 0 fully saturated rings. The maximum atomic E-state index is 10.2. The van der Waals surface area contributed by atoms with Crippen LogP contribution in [0.1, 0.15) is 27.7 Å². The predicted molar refractivity (Wildman–Crippen MR) is 46.9 cm³/mol. The first kappa shape index (κ1) is 11.2. The van der Waals surface area contributed by atoms with Crippen molar-refractivity contribution in [2.75, 3.05) is 0 Å². The van der Waals surface area contributed by atoms with E-state index in [1.54, 1.807) is 6.92 Å². The van der Waals surface area contributed by atoms with E-state index in [4.69, 9.17) is 5.11 Å². The summed E-state index contributed by atoms with van der Waals surface area (Å²) in [5.41, 5.74) is -1.45. The number of aliphatic carboxylic acids is 1. The molecule has 0 aliphatic carbocycles. The zero-order valence-corrected chi connectivity index (χ0v) is 7.96. The van der Waals surface area contributed by atoms with Crippen molar-refractivity contribution in [3.8, 4) is 0 Å². The molecular weight excluding hydrogens is 156 g/mol. The van der Waals surface area contributed by atoms with Gasteiger partial charge in [-0.15, -0.1) is 0 Å². The van der Waals surface area contributed by atoms with Gasteiger partial charge in [-0.2, -0.15) is 0 Å².